The third-order valence-electron chi connectivity index (χ3n) is 3.10. The minimum Gasteiger partial charge on any atom is -0.481 e. The number of hydrogen-bond donors (Lipinski definition) is 1. The lowest BCUT2D eigenvalue weighted by Crippen LogP contribution is -2.25. The number of Topliss-reactive ketones (excluding diaryl/α,β-unsaturated/α-hetero) is 1. The minimum absolute atomic E-state index is 0.0819. The highest BCUT2D eigenvalue weighted by atomic mass is 35.5. The third-order valence-corrected chi connectivity index (χ3v) is 3.34. The first-order valence-corrected chi connectivity index (χ1v) is 5.44. The van der Waals surface area contributed by atoms with Gasteiger partial charge in [0.2, 0.25) is 0 Å². The topological polar surface area (TPSA) is 54.4 Å². The molecule has 1 aromatic carbocycles. The zero-order valence-corrected chi connectivity index (χ0v) is 9.49. The summed E-state index contributed by atoms with van der Waals surface area (Å²) in [5.41, 5.74) is 1.47. The molecule has 1 N–H and O–H groups in total. The van der Waals surface area contributed by atoms with Crippen LogP contribution in [0.4, 0.5) is 0 Å². The predicted molar refractivity (Wildman–Crippen MR) is 59.8 cm³/mol. The molecule has 0 amide bonds. The smallest absolute Gasteiger partial charge is 0.306 e. The van der Waals surface area contributed by atoms with E-state index in [1.165, 1.54) is 0 Å². The van der Waals surface area contributed by atoms with Crippen LogP contribution in [-0.2, 0) is 11.2 Å². The number of halogens is 1. The quantitative estimate of drug-likeness (QED) is 0.861. The van der Waals surface area contributed by atoms with Crippen molar-refractivity contribution in [2.45, 2.75) is 13.3 Å². The molecule has 0 saturated carbocycles. The van der Waals surface area contributed by atoms with Crippen molar-refractivity contribution in [3.63, 3.8) is 0 Å². The van der Waals surface area contributed by atoms with Gasteiger partial charge in [-0.15, -0.1) is 0 Å². The fraction of sp³-hybridized carbons (Fsp3) is 0.333. The van der Waals surface area contributed by atoms with Crippen LogP contribution in [0.1, 0.15) is 22.8 Å². The van der Waals surface area contributed by atoms with Crippen molar-refractivity contribution in [1.82, 2.24) is 0 Å². The summed E-state index contributed by atoms with van der Waals surface area (Å²) < 4.78 is 0. The third kappa shape index (κ3) is 1.71. The Morgan fingerprint density at radius 2 is 2.25 bits per heavy atom. The molecule has 0 bridgehead atoms. The molecule has 0 radical (unpaired) electrons. The normalized spacial score (nSPS) is 20.6. The Morgan fingerprint density at radius 1 is 1.56 bits per heavy atom. The van der Waals surface area contributed by atoms with E-state index in [2.05, 4.69) is 0 Å². The van der Waals surface area contributed by atoms with Crippen LogP contribution in [0.2, 0.25) is 5.02 Å². The van der Waals surface area contributed by atoms with Gasteiger partial charge in [0, 0.05) is 16.5 Å². The second-order valence-electron chi connectivity index (χ2n) is 4.10. The monoisotopic (exact) mass is 238 g/mol. The maximum Gasteiger partial charge on any atom is 0.306 e. The summed E-state index contributed by atoms with van der Waals surface area (Å²) in [5, 5.41) is 9.49. The van der Waals surface area contributed by atoms with Crippen LogP contribution in [0, 0.1) is 11.8 Å². The highest BCUT2D eigenvalue weighted by molar-refractivity contribution is 6.30. The minimum atomic E-state index is -0.933. The number of carbonyl (C=O) groups excluding carboxylic acids is 1. The van der Waals surface area contributed by atoms with Crippen LogP contribution < -0.4 is 0 Å². The van der Waals surface area contributed by atoms with Crippen molar-refractivity contribution < 1.29 is 14.7 Å². The van der Waals surface area contributed by atoms with Crippen molar-refractivity contribution >= 4 is 23.4 Å². The molecule has 84 valence electrons. The van der Waals surface area contributed by atoms with E-state index in [0.717, 1.165) is 5.56 Å². The van der Waals surface area contributed by atoms with Gasteiger partial charge in [-0.2, -0.15) is 0 Å². The lowest BCUT2D eigenvalue weighted by molar-refractivity contribution is -0.142. The summed E-state index contributed by atoms with van der Waals surface area (Å²) in [6.45, 7) is 1.57. The Hall–Kier alpha value is -1.35. The van der Waals surface area contributed by atoms with E-state index >= 15 is 0 Å². The molecule has 1 aliphatic carbocycles. The van der Waals surface area contributed by atoms with Gasteiger partial charge >= 0.3 is 5.97 Å². The first-order chi connectivity index (χ1) is 7.50. The van der Waals surface area contributed by atoms with Crippen LogP contribution in [0.3, 0.4) is 0 Å². The van der Waals surface area contributed by atoms with Gasteiger partial charge in [-0.25, -0.2) is 0 Å². The van der Waals surface area contributed by atoms with Crippen molar-refractivity contribution in [1.29, 1.82) is 0 Å². The van der Waals surface area contributed by atoms with E-state index in [-0.39, 0.29) is 5.78 Å². The fourth-order valence-corrected chi connectivity index (χ4v) is 2.27. The van der Waals surface area contributed by atoms with Crippen molar-refractivity contribution in [3.8, 4) is 0 Å². The summed E-state index contributed by atoms with van der Waals surface area (Å²) in [7, 11) is 0. The van der Waals surface area contributed by atoms with Gasteiger partial charge in [-0.1, -0.05) is 18.5 Å². The van der Waals surface area contributed by atoms with E-state index in [4.69, 9.17) is 16.7 Å². The van der Waals surface area contributed by atoms with Crippen LogP contribution in [0.25, 0.3) is 0 Å². The molecule has 0 heterocycles. The fourth-order valence-electron chi connectivity index (χ4n) is 2.08. The molecule has 4 heteroatoms. The van der Waals surface area contributed by atoms with Crippen molar-refractivity contribution in [3.05, 3.63) is 34.3 Å². The maximum atomic E-state index is 11.9. The average molecular weight is 239 g/mol. The number of benzene rings is 1. The molecule has 0 spiro atoms. The summed E-state index contributed by atoms with van der Waals surface area (Å²) in [4.78, 5) is 22.8. The molecule has 1 aromatic rings. The number of rotatable bonds is 2. The largest absolute Gasteiger partial charge is 0.481 e. The summed E-state index contributed by atoms with van der Waals surface area (Å²) in [5.74, 6) is -2.12. The second kappa shape index (κ2) is 3.91. The van der Waals surface area contributed by atoms with E-state index in [0.29, 0.717) is 17.0 Å². The summed E-state index contributed by atoms with van der Waals surface area (Å²) >= 11 is 5.83. The van der Waals surface area contributed by atoms with E-state index in [9.17, 15) is 9.59 Å². The Labute approximate surface area is 98.0 Å². The summed E-state index contributed by atoms with van der Waals surface area (Å²) in [6, 6.07) is 5.07. The number of carboxylic acid groups (broad SMARTS) is 1. The standard InChI is InChI=1S/C12H11ClO3/c1-6(12(15)16)10-5-7-4-8(13)2-3-9(7)11(10)14/h2-4,6,10H,5H2,1H3,(H,15,16). The molecule has 1 aliphatic rings. The number of carbonyl (C=O) groups is 2. The van der Waals surface area contributed by atoms with E-state index < -0.39 is 17.8 Å². The zero-order valence-electron chi connectivity index (χ0n) is 8.74. The molecule has 0 fully saturated rings. The van der Waals surface area contributed by atoms with Gasteiger partial charge in [0.05, 0.1) is 5.92 Å². The average Bonchev–Trinajstić information content (AvgIpc) is 2.54. The molecular weight excluding hydrogens is 228 g/mol. The van der Waals surface area contributed by atoms with Crippen LogP contribution in [-0.4, -0.2) is 16.9 Å². The maximum absolute atomic E-state index is 11.9. The van der Waals surface area contributed by atoms with E-state index in [1.54, 1.807) is 25.1 Å². The number of carboxylic acids is 1. The van der Waals surface area contributed by atoms with E-state index in [1.807, 2.05) is 0 Å². The van der Waals surface area contributed by atoms with Crippen LogP contribution in [0.5, 0.6) is 0 Å². The molecule has 2 unspecified atom stereocenters. The first-order valence-electron chi connectivity index (χ1n) is 5.06. The number of aliphatic carboxylic acids is 1. The Kier molecular flexibility index (Phi) is 2.72. The molecule has 2 rings (SSSR count). The molecule has 0 aliphatic heterocycles. The zero-order chi connectivity index (χ0) is 11.9. The first kappa shape index (κ1) is 11.1. The van der Waals surface area contributed by atoms with Gasteiger partial charge in [0.25, 0.3) is 0 Å². The Morgan fingerprint density at radius 3 is 2.88 bits per heavy atom. The number of ketones is 1. The summed E-state index contributed by atoms with van der Waals surface area (Å²) in [6.07, 6.45) is 0.474. The molecule has 0 aromatic heterocycles. The molecule has 2 atom stereocenters. The van der Waals surface area contributed by atoms with Gasteiger partial charge in [-0.05, 0) is 30.2 Å². The molecular formula is C12H11ClO3. The van der Waals surface area contributed by atoms with Crippen LogP contribution in [0.15, 0.2) is 18.2 Å². The van der Waals surface area contributed by atoms with Gasteiger partial charge in [-0.3, -0.25) is 9.59 Å². The van der Waals surface area contributed by atoms with Gasteiger partial charge in [0.1, 0.15) is 0 Å². The Balaban J connectivity index is 2.34. The highest BCUT2D eigenvalue weighted by Crippen LogP contribution is 2.33. The number of fused-ring (bicyclic) bond motifs is 1. The highest BCUT2D eigenvalue weighted by Gasteiger charge is 2.37. The van der Waals surface area contributed by atoms with Gasteiger partial charge in [0.15, 0.2) is 5.78 Å². The number of hydrogen-bond acceptors (Lipinski definition) is 2. The molecule has 16 heavy (non-hydrogen) atoms. The van der Waals surface area contributed by atoms with Crippen LogP contribution >= 0.6 is 11.6 Å². The molecule has 3 nitrogen and oxygen atoms in total. The van der Waals surface area contributed by atoms with Crippen molar-refractivity contribution in [2.75, 3.05) is 0 Å². The lowest BCUT2D eigenvalue weighted by atomic mass is 9.91. The SMILES string of the molecule is CC(C(=O)O)C1Cc2cc(Cl)ccc2C1=O. The predicted octanol–water partition coefficient (Wildman–Crippen LogP) is 2.42. The van der Waals surface area contributed by atoms with Gasteiger partial charge < -0.3 is 5.11 Å². The lowest BCUT2D eigenvalue weighted by Gasteiger charge is -2.12. The Bertz CT molecular complexity index is 467. The molecule has 0 saturated heterocycles. The second-order valence-corrected chi connectivity index (χ2v) is 4.54. The van der Waals surface area contributed by atoms with Crippen molar-refractivity contribution in [2.24, 2.45) is 11.8 Å².